The summed E-state index contributed by atoms with van der Waals surface area (Å²) in [7, 11) is 1.34. The predicted octanol–water partition coefficient (Wildman–Crippen LogP) is 1.13. The number of ether oxygens (including phenoxy) is 2. The van der Waals surface area contributed by atoms with Gasteiger partial charge in [-0.1, -0.05) is 18.2 Å². The summed E-state index contributed by atoms with van der Waals surface area (Å²) < 4.78 is 9.86. The molecule has 0 unspecified atom stereocenters. The number of methoxy groups -OCH3 is 1. The van der Waals surface area contributed by atoms with Crippen LogP contribution in [0.15, 0.2) is 36.4 Å². The molecule has 0 heterocycles. The van der Waals surface area contributed by atoms with E-state index in [1.165, 1.54) is 12.7 Å². The van der Waals surface area contributed by atoms with E-state index in [-0.39, 0.29) is 12.6 Å². The Hall–Kier alpha value is -2.07. The molecule has 0 saturated carbocycles. The Balaban J connectivity index is 2.20. The van der Waals surface area contributed by atoms with Gasteiger partial charge in [0.15, 0.2) is 6.61 Å². The first-order valence-electron chi connectivity index (χ1n) is 5.74. The zero-order chi connectivity index (χ0) is 13.0. The van der Waals surface area contributed by atoms with Gasteiger partial charge in [0.1, 0.15) is 5.75 Å². The molecule has 0 atom stereocenters. The van der Waals surface area contributed by atoms with Crippen molar-refractivity contribution in [2.45, 2.75) is 6.54 Å². The Labute approximate surface area is 105 Å². The van der Waals surface area contributed by atoms with Gasteiger partial charge in [-0.3, -0.25) is 0 Å². The van der Waals surface area contributed by atoms with Crippen molar-refractivity contribution in [1.29, 1.82) is 0 Å². The zero-order valence-electron chi connectivity index (χ0n) is 10.3. The second kappa shape index (κ2) is 5.51. The van der Waals surface area contributed by atoms with Crippen LogP contribution in [0.25, 0.3) is 10.8 Å². The molecule has 0 aliphatic carbocycles. The Bertz CT molecular complexity index is 566. The number of hydrogen-bond acceptors (Lipinski definition) is 3. The maximum Gasteiger partial charge on any atom is 0.343 e. The van der Waals surface area contributed by atoms with Crippen LogP contribution >= 0.6 is 0 Å². The quantitative estimate of drug-likeness (QED) is 0.823. The average Bonchev–Trinajstić information content (AvgIpc) is 2.43. The lowest BCUT2D eigenvalue weighted by molar-refractivity contribution is -0.386. The number of hydrogen-bond donors (Lipinski definition) is 1. The molecule has 0 aliphatic heterocycles. The molecule has 0 radical (unpaired) electrons. The first kappa shape index (κ1) is 12.4. The van der Waals surface area contributed by atoms with E-state index in [9.17, 15) is 4.79 Å². The summed E-state index contributed by atoms with van der Waals surface area (Å²) in [5.74, 6) is 0.276. The molecule has 2 aromatic rings. The van der Waals surface area contributed by atoms with Crippen LogP contribution in [-0.2, 0) is 16.1 Å². The Morgan fingerprint density at radius 2 is 1.89 bits per heavy atom. The van der Waals surface area contributed by atoms with Gasteiger partial charge in [-0.05, 0) is 29.0 Å². The van der Waals surface area contributed by atoms with E-state index in [4.69, 9.17) is 4.74 Å². The Kier molecular flexibility index (Phi) is 3.79. The highest BCUT2D eigenvalue weighted by molar-refractivity contribution is 5.84. The third-order valence-electron chi connectivity index (χ3n) is 2.75. The second-order valence-corrected chi connectivity index (χ2v) is 3.96. The molecular weight excluding hydrogens is 230 g/mol. The van der Waals surface area contributed by atoms with Crippen LogP contribution in [0.5, 0.6) is 5.75 Å². The predicted molar refractivity (Wildman–Crippen MR) is 68.1 cm³/mol. The van der Waals surface area contributed by atoms with E-state index >= 15 is 0 Å². The molecule has 94 valence electrons. The molecule has 0 bridgehead atoms. The largest absolute Gasteiger partial charge is 0.482 e. The smallest absolute Gasteiger partial charge is 0.343 e. The number of quaternary nitrogens is 1. The normalized spacial score (nSPS) is 10.3. The topological polar surface area (TPSA) is 63.2 Å². The van der Waals surface area contributed by atoms with Crippen LogP contribution in [0.3, 0.4) is 0 Å². The molecule has 0 amide bonds. The van der Waals surface area contributed by atoms with Crippen LogP contribution in [0.2, 0.25) is 0 Å². The van der Waals surface area contributed by atoms with Crippen LogP contribution < -0.4 is 10.5 Å². The maximum absolute atomic E-state index is 11.0. The molecule has 2 rings (SSSR count). The van der Waals surface area contributed by atoms with Crippen molar-refractivity contribution in [2.75, 3.05) is 13.7 Å². The molecule has 4 heteroatoms. The van der Waals surface area contributed by atoms with E-state index in [2.05, 4.69) is 16.5 Å². The highest BCUT2D eigenvalue weighted by Crippen LogP contribution is 2.21. The second-order valence-electron chi connectivity index (χ2n) is 3.96. The van der Waals surface area contributed by atoms with Gasteiger partial charge in [-0.2, -0.15) is 0 Å². The van der Waals surface area contributed by atoms with Crippen molar-refractivity contribution in [3.63, 3.8) is 0 Å². The monoisotopic (exact) mass is 246 g/mol. The minimum atomic E-state index is -0.387. The minimum absolute atomic E-state index is 0.0705. The highest BCUT2D eigenvalue weighted by atomic mass is 16.6. The third-order valence-corrected chi connectivity index (χ3v) is 2.75. The summed E-state index contributed by atoms with van der Waals surface area (Å²) >= 11 is 0. The lowest BCUT2D eigenvalue weighted by Gasteiger charge is -2.06. The molecular formula is C14H16NO3+. The summed E-state index contributed by atoms with van der Waals surface area (Å²) in [6, 6.07) is 11.9. The minimum Gasteiger partial charge on any atom is -0.482 e. The maximum atomic E-state index is 11.0. The molecule has 18 heavy (non-hydrogen) atoms. The number of carbonyl (C=O) groups is 1. The fourth-order valence-electron chi connectivity index (χ4n) is 1.72. The Morgan fingerprint density at radius 3 is 2.61 bits per heavy atom. The molecule has 2 aromatic carbocycles. The Morgan fingerprint density at radius 1 is 1.17 bits per heavy atom. The number of rotatable bonds is 4. The first-order valence-corrected chi connectivity index (χ1v) is 5.74. The highest BCUT2D eigenvalue weighted by Gasteiger charge is 2.03. The lowest BCUT2D eigenvalue weighted by Crippen LogP contribution is -2.47. The van der Waals surface area contributed by atoms with Gasteiger partial charge in [0.25, 0.3) is 0 Å². The van der Waals surface area contributed by atoms with Gasteiger partial charge in [0.2, 0.25) is 0 Å². The summed E-state index contributed by atoms with van der Waals surface area (Å²) in [6.45, 7) is 0.704. The van der Waals surface area contributed by atoms with Gasteiger partial charge in [0, 0.05) is 5.56 Å². The van der Waals surface area contributed by atoms with Gasteiger partial charge in [-0.15, -0.1) is 0 Å². The van der Waals surface area contributed by atoms with E-state index in [1.54, 1.807) is 0 Å². The molecule has 4 nitrogen and oxygen atoms in total. The van der Waals surface area contributed by atoms with Crippen LogP contribution in [0.4, 0.5) is 0 Å². The number of fused-ring (bicyclic) bond motifs is 1. The van der Waals surface area contributed by atoms with Gasteiger partial charge in [0.05, 0.1) is 13.7 Å². The average molecular weight is 246 g/mol. The third kappa shape index (κ3) is 2.78. The van der Waals surface area contributed by atoms with Gasteiger partial charge in [-0.25, -0.2) is 4.79 Å². The number of carbonyl (C=O) groups excluding carboxylic acids is 1. The molecule has 0 aliphatic rings. The van der Waals surface area contributed by atoms with Crippen molar-refractivity contribution in [1.82, 2.24) is 0 Å². The van der Waals surface area contributed by atoms with Crippen LogP contribution in [0, 0.1) is 0 Å². The molecule has 3 N–H and O–H groups in total. The van der Waals surface area contributed by atoms with E-state index < -0.39 is 0 Å². The number of esters is 1. The van der Waals surface area contributed by atoms with Gasteiger partial charge >= 0.3 is 5.97 Å². The number of benzene rings is 2. The summed E-state index contributed by atoms with van der Waals surface area (Å²) in [5, 5.41) is 2.22. The van der Waals surface area contributed by atoms with Crippen molar-refractivity contribution in [3.05, 3.63) is 42.0 Å². The SMILES string of the molecule is COC(=O)COc1ccc2cc(C[NH3+])ccc2c1. The molecule has 0 spiro atoms. The molecule has 0 fully saturated rings. The van der Waals surface area contributed by atoms with Crippen molar-refractivity contribution in [3.8, 4) is 5.75 Å². The van der Waals surface area contributed by atoms with Crippen molar-refractivity contribution < 1.29 is 20.0 Å². The zero-order valence-corrected chi connectivity index (χ0v) is 10.3. The van der Waals surface area contributed by atoms with Crippen LogP contribution in [0.1, 0.15) is 5.56 Å². The lowest BCUT2D eigenvalue weighted by atomic mass is 10.1. The van der Waals surface area contributed by atoms with Gasteiger partial charge < -0.3 is 15.2 Å². The fourth-order valence-corrected chi connectivity index (χ4v) is 1.72. The van der Waals surface area contributed by atoms with E-state index in [0.29, 0.717) is 5.75 Å². The summed E-state index contributed by atoms with van der Waals surface area (Å²) in [5.41, 5.74) is 5.06. The summed E-state index contributed by atoms with van der Waals surface area (Å²) in [6.07, 6.45) is 0. The molecule has 0 saturated heterocycles. The van der Waals surface area contributed by atoms with Crippen molar-refractivity contribution >= 4 is 16.7 Å². The summed E-state index contributed by atoms with van der Waals surface area (Å²) in [4.78, 5) is 11.0. The fraction of sp³-hybridized carbons (Fsp3) is 0.214. The standard InChI is InChI=1S/C14H15NO3/c1-17-14(16)9-18-13-5-4-11-6-10(8-15)2-3-12(11)7-13/h2-7H,8-9,15H2,1H3/p+1. The van der Waals surface area contributed by atoms with E-state index in [1.807, 2.05) is 30.3 Å². The van der Waals surface area contributed by atoms with Crippen LogP contribution in [-0.4, -0.2) is 19.7 Å². The first-order chi connectivity index (χ1) is 8.72. The molecule has 0 aromatic heterocycles. The van der Waals surface area contributed by atoms with E-state index in [0.717, 1.165) is 17.3 Å². The van der Waals surface area contributed by atoms with Crippen molar-refractivity contribution in [2.24, 2.45) is 0 Å².